The Balaban J connectivity index is 0.00000101. The van der Waals surface area contributed by atoms with Crippen molar-refractivity contribution in [2.45, 2.75) is 51.6 Å². The molecule has 166 valence electrons. The van der Waals surface area contributed by atoms with Crippen molar-refractivity contribution in [2.75, 3.05) is 13.1 Å². The lowest BCUT2D eigenvalue weighted by molar-refractivity contribution is -0.119. The van der Waals surface area contributed by atoms with Crippen molar-refractivity contribution in [2.24, 2.45) is 16.9 Å². The Labute approximate surface area is 179 Å². The summed E-state index contributed by atoms with van der Waals surface area (Å²) >= 11 is 1.01. The number of hydrogen-bond donors (Lipinski definition) is 2. The minimum atomic E-state index is -3.29. The molecule has 1 saturated heterocycles. The van der Waals surface area contributed by atoms with Crippen LogP contribution in [0.4, 0.5) is 13.2 Å². The zero-order valence-corrected chi connectivity index (χ0v) is 18.3. The van der Waals surface area contributed by atoms with Crippen molar-refractivity contribution in [1.82, 2.24) is 9.88 Å². The number of nitrogens with zero attached hydrogens (tertiary/aromatic N) is 2. The van der Waals surface area contributed by atoms with E-state index >= 15 is 0 Å². The van der Waals surface area contributed by atoms with E-state index in [1.165, 1.54) is 6.07 Å². The number of nitrogens with two attached hydrogens (primary N) is 2. The molecule has 0 saturated carbocycles. The Morgan fingerprint density at radius 2 is 1.97 bits per heavy atom. The van der Waals surface area contributed by atoms with Crippen LogP contribution in [0.5, 0.6) is 0 Å². The van der Waals surface area contributed by atoms with Crippen molar-refractivity contribution in [3.8, 4) is 0 Å². The van der Waals surface area contributed by atoms with Crippen LogP contribution in [0.3, 0.4) is 0 Å². The minimum Gasteiger partial charge on any atom is -0.372 e. The highest BCUT2D eigenvalue weighted by molar-refractivity contribution is 7.10. The van der Waals surface area contributed by atoms with E-state index in [9.17, 15) is 13.2 Å². The normalized spacial score (nSPS) is 20.0. The van der Waals surface area contributed by atoms with Gasteiger partial charge in [0.2, 0.25) is 6.41 Å². The van der Waals surface area contributed by atoms with Gasteiger partial charge in [0.25, 0.3) is 0 Å². The molecule has 1 aliphatic heterocycles. The number of carbonyl (C=O) groups excluding carboxylic acids is 1. The molecule has 2 aromatic heterocycles. The lowest BCUT2D eigenvalue weighted by atomic mass is 9.79. The monoisotopic (exact) mass is 442 g/mol. The molecule has 0 bridgehead atoms. The average Bonchev–Trinajstić information content (AvgIpc) is 3.28. The number of halogens is 3. The smallest absolute Gasteiger partial charge is 0.306 e. The number of pyridine rings is 1. The number of alkyl halides is 2. The minimum absolute atomic E-state index is 0.200. The number of amides is 1. The topological polar surface area (TPSA) is 85.2 Å². The fourth-order valence-corrected chi connectivity index (χ4v) is 4.58. The van der Waals surface area contributed by atoms with Crippen molar-refractivity contribution in [1.29, 1.82) is 0 Å². The summed E-state index contributed by atoms with van der Waals surface area (Å²) in [6, 6.07) is 3.68. The van der Waals surface area contributed by atoms with E-state index in [-0.39, 0.29) is 24.5 Å². The van der Waals surface area contributed by atoms with Gasteiger partial charge in [0, 0.05) is 28.9 Å². The van der Waals surface area contributed by atoms with E-state index in [0.29, 0.717) is 19.4 Å². The van der Waals surface area contributed by atoms with Crippen LogP contribution in [-0.2, 0) is 16.8 Å². The third-order valence-electron chi connectivity index (χ3n) is 5.95. The highest BCUT2D eigenvalue weighted by Crippen LogP contribution is 2.48. The Kier molecular flexibility index (Phi) is 7.65. The van der Waals surface area contributed by atoms with Gasteiger partial charge in [0.1, 0.15) is 0 Å². The first-order valence-corrected chi connectivity index (χ1v) is 10.5. The van der Waals surface area contributed by atoms with Crippen molar-refractivity contribution in [3.05, 3.63) is 51.7 Å². The second kappa shape index (κ2) is 9.45. The van der Waals surface area contributed by atoms with E-state index < -0.39 is 17.0 Å². The van der Waals surface area contributed by atoms with Crippen LogP contribution in [0, 0.1) is 17.5 Å². The molecule has 1 atom stereocenters. The Hall–Kier alpha value is -1.97. The van der Waals surface area contributed by atoms with Gasteiger partial charge in [-0.05, 0) is 70.3 Å². The highest BCUT2D eigenvalue weighted by Gasteiger charge is 2.56. The first-order valence-electron chi connectivity index (χ1n) is 9.70. The molecule has 3 rings (SSSR count). The standard InChI is InChI=1S/C20H26F3N3S.CH3NO/c1-14-4-5-15(12-25-14)18(2,3)26-11-10-19(13-26,20(22,23)24)9-8-16-6-7-17(21)27-16;2-1-3/h4-7,12H,8-11,13,24H2,1-3H3;1H,(H2,2,3). The van der Waals surface area contributed by atoms with Crippen molar-refractivity contribution < 1.29 is 18.0 Å². The SMILES string of the molecule is Cc1ccc(C(C)(C)N2CCC(CCc3ccc(F)s3)(C(N)(F)F)C2)cn1.NC=O. The summed E-state index contributed by atoms with van der Waals surface area (Å²) in [5.74, 6) is 0. The molecule has 0 spiro atoms. The number of hydrogen-bond acceptors (Lipinski definition) is 5. The summed E-state index contributed by atoms with van der Waals surface area (Å²) in [6.07, 6.45) is 3.01. The summed E-state index contributed by atoms with van der Waals surface area (Å²) in [6.45, 7) is 6.70. The van der Waals surface area contributed by atoms with Crippen LogP contribution in [-0.4, -0.2) is 35.4 Å². The number of thiophene rings is 1. The van der Waals surface area contributed by atoms with Crippen LogP contribution >= 0.6 is 11.3 Å². The Morgan fingerprint density at radius 1 is 1.30 bits per heavy atom. The molecule has 30 heavy (non-hydrogen) atoms. The summed E-state index contributed by atoms with van der Waals surface area (Å²) in [5, 5.41) is -0.292. The molecular weight excluding hydrogens is 413 g/mol. The van der Waals surface area contributed by atoms with Crippen LogP contribution < -0.4 is 11.5 Å². The predicted octanol–water partition coefficient (Wildman–Crippen LogP) is 3.80. The van der Waals surface area contributed by atoms with Gasteiger partial charge in [-0.25, -0.2) is 0 Å². The largest absolute Gasteiger partial charge is 0.372 e. The molecule has 0 radical (unpaired) electrons. The van der Waals surface area contributed by atoms with Crippen LogP contribution in [0.15, 0.2) is 30.5 Å². The second-order valence-corrected chi connectivity index (χ2v) is 9.28. The molecule has 0 aliphatic carbocycles. The van der Waals surface area contributed by atoms with Crippen molar-refractivity contribution in [3.63, 3.8) is 0 Å². The number of likely N-dealkylation sites (tertiary alicyclic amines) is 1. The van der Waals surface area contributed by atoms with E-state index in [0.717, 1.165) is 27.5 Å². The number of primary amides is 1. The maximum absolute atomic E-state index is 14.5. The van der Waals surface area contributed by atoms with Gasteiger partial charge in [0.05, 0.1) is 5.41 Å². The third kappa shape index (κ3) is 5.39. The molecule has 2 aromatic rings. The van der Waals surface area contributed by atoms with Gasteiger partial charge in [-0.1, -0.05) is 6.07 Å². The van der Waals surface area contributed by atoms with Gasteiger partial charge >= 0.3 is 6.05 Å². The Bertz CT molecular complexity index is 836. The maximum Gasteiger partial charge on any atom is 0.306 e. The zero-order chi connectivity index (χ0) is 22.6. The summed E-state index contributed by atoms with van der Waals surface area (Å²) < 4.78 is 42.2. The van der Waals surface area contributed by atoms with Gasteiger partial charge in [-0.15, -0.1) is 11.3 Å². The molecule has 5 nitrogen and oxygen atoms in total. The summed E-state index contributed by atoms with van der Waals surface area (Å²) in [7, 11) is 0. The van der Waals surface area contributed by atoms with Gasteiger partial charge in [-0.2, -0.15) is 13.2 Å². The number of rotatable bonds is 6. The molecule has 1 unspecified atom stereocenters. The number of aromatic nitrogens is 1. The van der Waals surface area contributed by atoms with Crippen LogP contribution in [0.1, 0.15) is 42.8 Å². The van der Waals surface area contributed by atoms with E-state index in [2.05, 4.69) is 15.6 Å². The quantitative estimate of drug-likeness (QED) is 0.526. The van der Waals surface area contributed by atoms with E-state index in [4.69, 9.17) is 10.5 Å². The zero-order valence-electron chi connectivity index (χ0n) is 17.5. The van der Waals surface area contributed by atoms with E-state index in [1.54, 1.807) is 6.07 Å². The first-order chi connectivity index (χ1) is 13.9. The molecule has 1 aliphatic rings. The summed E-state index contributed by atoms with van der Waals surface area (Å²) in [4.78, 5) is 15.8. The summed E-state index contributed by atoms with van der Waals surface area (Å²) in [5.41, 5.74) is 9.70. The predicted molar refractivity (Wildman–Crippen MR) is 113 cm³/mol. The first kappa shape index (κ1) is 24.3. The lowest BCUT2D eigenvalue weighted by Crippen LogP contribution is -2.52. The molecular formula is C21H29F3N4OS. The second-order valence-electron chi connectivity index (χ2n) is 8.16. The molecule has 1 fully saturated rings. The molecule has 0 aromatic carbocycles. The fourth-order valence-electron chi connectivity index (χ4n) is 3.85. The van der Waals surface area contributed by atoms with Crippen LogP contribution in [0.25, 0.3) is 0 Å². The van der Waals surface area contributed by atoms with Crippen LogP contribution in [0.2, 0.25) is 0 Å². The van der Waals surface area contributed by atoms with Gasteiger partial charge < -0.3 is 5.73 Å². The third-order valence-corrected chi connectivity index (χ3v) is 6.88. The maximum atomic E-state index is 14.5. The van der Waals surface area contributed by atoms with Gasteiger partial charge in [0.15, 0.2) is 5.13 Å². The molecule has 3 heterocycles. The number of aryl methyl sites for hydroxylation is 2. The molecule has 9 heteroatoms. The molecule has 4 N–H and O–H groups in total. The van der Waals surface area contributed by atoms with E-state index in [1.807, 2.05) is 39.1 Å². The molecule has 1 amide bonds. The van der Waals surface area contributed by atoms with Crippen molar-refractivity contribution >= 4 is 17.7 Å². The number of carbonyl (C=O) groups is 1. The van der Waals surface area contributed by atoms with Gasteiger partial charge in [-0.3, -0.25) is 20.4 Å². The Morgan fingerprint density at radius 3 is 2.47 bits per heavy atom. The highest BCUT2D eigenvalue weighted by atomic mass is 32.1. The fraction of sp³-hybridized carbons (Fsp3) is 0.524. The lowest BCUT2D eigenvalue weighted by Gasteiger charge is -2.39. The average molecular weight is 443 g/mol.